The summed E-state index contributed by atoms with van der Waals surface area (Å²) in [6.07, 6.45) is 0.949. The number of ether oxygens (including phenoxy) is 1. The maximum atomic E-state index is 9.15. The van der Waals surface area contributed by atoms with E-state index in [0.29, 0.717) is 24.6 Å². The van der Waals surface area contributed by atoms with Crippen molar-refractivity contribution < 1.29 is 9.84 Å². The second-order valence-corrected chi connectivity index (χ2v) is 4.93. The highest BCUT2D eigenvalue weighted by molar-refractivity contribution is 5.61. The molecule has 0 aliphatic rings. The Bertz CT molecular complexity index is 585. The number of hydrogen-bond acceptors (Lipinski definition) is 4. The third kappa shape index (κ3) is 4.39. The fourth-order valence-corrected chi connectivity index (χ4v) is 2.02. The summed E-state index contributed by atoms with van der Waals surface area (Å²) in [6.45, 7) is 3.47. The van der Waals surface area contributed by atoms with Crippen molar-refractivity contribution in [1.82, 2.24) is 0 Å². The van der Waals surface area contributed by atoms with Gasteiger partial charge in [0.05, 0.1) is 18.9 Å². The number of nitrogens with one attached hydrogen (secondary N) is 1. The Labute approximate surface area is 125 Å². The lowest BCUT2D eigenvalue weighted by Gasteiger charge is -2.12. The monoisotopic (exact) mass is 286 g/mol. The first-order valence-electron chi connectivity index (χ1n) is 7.17. The fraction of sp³-hybridized carbons (Fsp3) is 0.294. The molecule has 2 aromatic carbocycles. The molecule has 0 aliphatic carbocycles. The van der Waals surface area contributed by atoms with E-state index in [4.69, 9.17) is 15.6 Å². The minimum absolute atomic E-state index is 0.0602. The van der Waals surface area contributed by atoms with Gasteiger partial charge in [0.25, 0.3) is 0 Å². The molecule has 0 aromatic heterocycles. The van der Waals surface area contributed by atoms with Gasteiger partial charge < -0.3 is 20.9 Å². The molecule has 2 rings (SSSR count). The molecule has 0 fully saturated rings. The van der Waals surface area contributed by atoms with Gasteiger partial charge in [-0.25, -0.2) is 0 Å². The number of aliphatic hydroxyl groups is 1. The Morgan fingerprint density at radius 2 is 1.95 bits per heavy atom. The summed E-state index contributed by atoms with van der Waals surface area (Å²) in [6, 6.07) is 13.6. The lowest BCUT2D eigenvalue weighted by Crippen LogP contribution is -2.03. The van der Waals surface area contributed by atoms with E-state index in [-0.39, 0.29) is 6.61 Å². The summed E-state index contributed by atoms with van der Waals surface area (Å²) in [7, 11) is 0. The molecule has 112 valence electrons. The van der Waals surface area contributed by atoms with Gasteiger partial charge in [0.2, 0.25) is 0 Å². The van der Waals surface area contributed by atoms with Crippen LogP contribution >= 0.6 is 0 Å². The van der Waals surface area contributed by atoms with E-state index < -0.39 is 0 Å². The molecule has 0 radical (unpaired) electrons. The van der Waals surface area contributed by atoms with Crippen LogP contribution in [0.25, 0.3) is 0 Å². The van der Waals surface area contributed by atoms with Gasteiger partial charge in [-0.15, -0.1) is 0 Å². The highest BCUT2D eigenvalue weighted by Gasteiger charge is 2.02. The van der Waals surface area contributed by atoms with Crippen LogP contribution in [-0.4, -0.2) is 11.7 Å². The first-order valence-corrected chi connectivity index (χ1v) is 7.17. The summed E-state index contributed by atoms with van der Waals surface area (Å²) >= 11 is 0. The van der Waals surface area contributed by atoms with Crippen LogP contribution in [0.3, 0.4) is 0 Å². The number of aliphatic hydroxyl groups excluding tert-OH is 1. The molecule has 0 saturated carbocycles. The molecule has 0 amide bonds. The van der Waals surface area contributed by atoms with Crippen molar-refractivity contribution in [2.24, 2.45) is 0 Å². The van der Waals surface area contributed by atoms with E-state index in [1.807, 2.05) is 42.5 Å². The Balaban J connectivity index is 2.02. The van der Waals surface area contributed by atoms with Gasteiger partial charge in [0, 0.05) is 18.3 Å². The third-order valence-corrected chi connectivity index (χ3v) is 3.15. The van der Waals surface area contributed by atoms with E-state index in [9.17, 15) is 0 Å². The summed E-state index contributed by atoms with van der Waals surface area (Å²) in [5, 5.41) is 12.5. The normalized spacial score (nSPS) is 10.4. The molecular formula is C17H22N2O2. The van der Waals surface area contributed by atoms with Crippen molar-refractivity contribution in [3.05, 3.63) is 53.6 Å². The summed E-state index contributed by atoms with van der Waals surface area (Å²) in [5.41, 5.74) is 9.54. The second kappa shape index (κ2) is 7.55. The molecule has 21 heavy (non-hydrogen) atoms. The number of benzene rings is 2. The summed E-state index contributed by atoms with van der Waals surface area (Å²) in [4.78, 5) is 0. The number of anilines is 2. The van der Waals surface area contributed by atoms with Gasteiger partial charge in [-0.2, -0.15) is 0 Å². The van der Waals surface area contributed by atoms with Gasteiger partial charge in [0.15, 0.2) is 0 Å². The van der Waals surface area contributed by atoms with Crippen LogP contribution < -0.4 is 15.8 Å². The molecule has 0 unspecified atom stereocenters. The quantitative estimate of drug-likeness (QED) is 0.684. The van der Waals surface area contributed by atoms with Gasteiger partial charge in [0.1, 0.15) is 5.75 Å². The Morgan fingerprint density at radius 3 is 2.71 bits per heavy atom. The van der Waals surface area contributed by atoms with Crippen molar-refractivity contribution in [3.63, 3.8) is 0 Å². The highest BCUT2D eigenvalue weighted by atomic mass is 16.5. The molecule has 4 N–H and O–H groups in total. The van der Waals surface area contributed by atoms with Crippen molar-refractivity contribution in [3.8, 4) is 5.75 Å². The zero-order valence-electron chi connectivity index (χ0n) is 12.3. The molecule has 0 spiro atoms. The van der Waals surface area contributed by atoms with Crippen LogP contribution in [-0.2, 0) is 13.2 Å². The second-order valence-electron chi connectivity index (χ2n) is 4.93. The number of hydrogen-bond donors (Lipinski definition) is 3. The van der Waals surface area contributed by atoms with E-state index in [2.05, 4.69) is 12.2 Å². The molecule has 4 heteroatoms. The smallest absolute Gasteiger partial charge is 0.144 e. The Kier molecular flexibility index (Phi) is 5.46. The minimum atomic E-state index is 0.0602. The average Bonchev–Trinajstić information content (AvgIpc) is 2.53. The molecule has 0 aliphatic heterocycles. The molecule has 0 saturated heterocycles. The lowest BCUT2D eigenvalue weighted by atomic mass is 10.1. The zero-order chi connectivity index (χ0) is 15.1. The maximum absolute atomic E-state index is 9.15. The number of rotatable bonds is 7. The highest BCUT2D eigenvalue weighted by Crippen LogP contribution is 2.26. The van der Waals surface area contributed by atoms with Crippen LogP contribution in [0, 0.1) is 0 Å². The molecule has 4 nitrogen and oxygen atoms in total. The Hall–Kier alpha value is -2.20. The van der Waals surface area contributed by atoms with E-state index >= 15 is 0 Å². The average molecular weight is 286 g/mol. The minimum Gasteiger partial charge on any atom is -0.491 e. The zero-order valence-corrected chi connectivity index (χ0v) is 12.3. The van der Waals surface area contributed by atoms with Crippen molar-refractivity contribution in [2.45, 2.75) is 26.5 Å². The number of nitrogens with two attached hydrogens (primary N) is 1. The van der Waals surface area contributed by atoms with Crippen LogP contribution in [0.15, 0.2) is 42.5 Å². The molecule has 0 atom stereocenters. The molecular weight excluding hydrogens is 264 g/mol. The van der Waals surface area contributed by atoms with E-state index in [1.165, 1.54) is 0 Å². The Morgan fingerprint density at radius 1 is 1.14 bits per heavy atom. The topological polar surface area (TPSA) is 67.5 Å². The maximum Gasteiger partial charge on any atom is 0.144 e. The van der Waals surface area contributed by atoms with Crippen LogP contribution in [0.1, 0.15) is 24.5 Å². The molecule has 0 bridgehead atoms. The largest absolute Gasteiger partial charge is 0.491 e. The van der Waals surface area contributed by atoms with Crippen LogP contribution in [0.4, 0.5) is 11.4 Å². The first kappa shape index (κ1) is 15.2. The van der Waals surface area contributed by atoms with Crippen molar-refractivity contribution >= 4 is 11.4 Å². The lowest BCUT2D eigenvalue weighted by molar-refractivity contribution is 0.281. The molecule has 2 aromatic rings. The van der Waals surface area contributed by atoms with Crippen molar-refractivity contribution in [2.75, 3.05) is 17.7 Å². The van der Waals surface area contributed by atoms with Gasteiger partial charge in [-0.05, 0) is 29.7 Å². The van der Waals surface area contributed by atoms with Gasteiger partial charge in [-0.1, -0.05) is 31.2 Å². The molecule has 0 heterocycles. The van der Waals surface area contributed by atoms with Gasteiger partial charge >= 0.3 is 0 Å². The predicted octanol–water partition coefficient (Wildman–Crippen LogP) is 3.16. The third-order valence-electron chi connectivity index (χ3n) is 3.15. The van der Waals surface area contributed by atoms with Crippen LogP contribution in [0.2, 0.25) is 0 Å². The van der Waals surface area contributed by atoms with Gasteiger partial charge in [-0.3, -0.25) is 0 Å². The van der Waals surface area contributed by atoms with Crippen molar-refractivity contribution in [1.29, 1.82) is 0 Å². The number of nitrogen functional groups attached to an aromatic ring is 1. The predicted molar refractivity (Wildman–Crippen MR) is 86.3 cm³/mol. The van der Waals surface area contributed by atoms with E-state index in [0.717, 1.165) is 23.2 Å². The summed E-state index contributed by atoms with van der Waals surface area (Å²) in [5.74, 6) is 0.714. The SMILES string of the molecule is CCCOc1cc(NCc2cccc(CO)c2)ccc1N. The first-order chi connectivity index (χ1) is 10.2. The standard InChI is InChI=1S/C17H22N2O2/c1-2-8-21-17-10-15(6-7-16(17)18)19-11-13-4-3-5-14(9-13)12-20/h3-7,9-10,19-20H,2,8,11-12,18H2,1H3. The fourth-order valence-electron chi connectivity index (χ4n) is 2.02. The van der Waals surface area contributed by atoms with E-state index in [1.54, 1.807) is 0 Å². The summed E-state index contributed by atoms with van der Waals surface area (Å²) < 4.78 is 5.62. The van der Waals surface area contributed by atoms with Crippen LogP contribution in [0.5, 0.6) is 5.75 Å².